The maximum atomic E-state index is 9.02. The van der Waals surface area contributed by atoms with Gasteiger partial charge in [-0.2, -0.15) is 0 Å². The van der Waals surface area contributed by atoms with Crippen molar-refractivity contribution in [3.8, 4) is 0 Å². The Labute approximate surface area is 61.4 Å². The first kappa shape index (κ1) is 6.62. The van der Waals surface area contributed by atoms with E-state index in [1.807, 2.05) is 0 Å². The van der Waals surface area contributed by atoms with Crippen molar-refractivity contribution in [1.29, 1.82) is 0 Å². The summed E-state index contributed by atoms with van der Waals surface area (Å²) in [5.41, 5.74) is 5.74. The van der Waals surface area contributed by atoms with Gasteiger partial charge in [0.2, 0.25) is 0 Å². The van der Waals surface area contributed by atoms with E-state index < -0.39 is 0 Å². The van der Waals surface area contributed by atoms with Gasteiger partial charge in [0, 0.05) is 12.0 Å². The van der Waals surface area contributed by atoms with Crippen molar-refractivity contribution >= 4 is 0 Å². The van der Waals surface area contributed by atoms with Crippen LogP contribution < -0.4 is 5.73 Å². The van der Waals surface area contributed by atoms with E-state index in [9.17, 15) is 0 Å². The largest absolute Gasteiger partial charge is 0.396 e. The number of rotatable bonds is 3. The third kappa shape index (κ3) is 0.789. The van der Waals surface area contributed by atoms with Crippen molar-refractivity contribution in [3.63, 3.8) is 0 Å². The maximum Gasteiger partial charge on any atom is 0.0502 e. The zero-order chi connectivity index (χ0) is 7.19. The van der Waals surface area contributed by atoms with Crippen molar-refractivity contribution in [2.75, 3.05) is 13.2 Å². The first-order valence-electron chi connectivity index (χ1n) is 4.13. The molecule has 0 aromatic carbocycles. The predicted octanol–water partition coefficient (Wildman–Crippen LogP) is 0.354. The fraction of sp³-hybridized carbons (Fsp3) is 1.00. The van der Waals surface area contributed by atoms with Gasteiger partial charge in [-0.3, -0.25) is 0 Å². The van der Waals surface area contributed by atoms with Crippen molar-refractivity contribution in [1.82, 2.24) is 0 Å². The molecule has 0 radical (unpaired) electrons. The lowest BCUT2D eigenvalue weighted by atomic mass is 10.0. The number of hydrogen-bond acceptors (Lipinski definition) is 2. The van der Waals surface area contributed by atoms with Crippen LogP contribution in [0.5, 0.6) is 0 Å². The Kier molecular flexibility index (Phi) is 1.29. The molecule has 10 heavy (non-hydrogen) atoms. The molecule has 0 amide bonds. The standard InChI is InChI=1S/C8H15NO/c9-4-8(5-10)3-7(8)6-1-2-6/h6-7,10H,1-5,9H2. The molecular weight excluding hydrogens is 126 g/mol. The van der Waals surface area contributed by atoms with Crippen LogP contribution in [0.3, 0.4) is 0 Å². The molecule has 0 saturated heterocycles. The van der Waals surface area contributed by atoms with Gasteiger partial charge >= 0.3 is 0 Å². The summed E-state index contributed by atoms with van der Waals surface area (Å²) < 4.78 is 0. The second-order valence-corrected chi connectivity index (χ2v) is 3.87. The summed E-state index contributed by atoms with van der Waals surface area (Å²) in [6, 6.07) is 0. The molecule has 2 aliphatic rings. The number of hydrogen-bond donors (Lipinski definition) is 2. The zero-order valence-corrected chi connectivity index (χ0v) is 6.21. The summed E-state index contributed by atoms with van der Waals surface area (Å²) in [7, 11) is 0. The van der Waals surface area contributed by atoms with E-state index >= 15 is 0 Å². The van der Waals surface area contributed by atoms with Crippen LogP contribution in [0.2, 0.25) is 0 Å². The first-order chi connectivity index (χ1) is 4.82. The normalized spacial score (nSPS) is 45.6. The van der Waals surface area contributed by atoms with E-state index in [0.717, 1.165) is 11.8 Å². The highest BCUT2D eigenvalue weighted by Crippen LogP contribution is 2.62. The second kappa shape index (κ2) is 1.95. The van der Waals surface area contributed by atoms with Gasteiger partial charge < -0.3 is 10.8 Å². The summed E-state index contributed by atoms with van der Waals surface area (Å²) in [6.45, 7) is 0.995. The molecule has 0 spiro atoms. The van der Waals surface area contributed by atoms with E-state index in [4.69, 9.17) is 10.8 Å². The van der Waals surface area contributed by atoms with E-state index in [0.29, 0.717) is 13.2 Å². The van der Waals surface area contributed by atoms with Crippen molar-refractivity contribution in [2.24, 2.45) is 23.0 Å². The van der Waals surface area contributed by atoms with Crippen LogP contribution in [0.4, 0.5) is 0 Å². The molecule has 0 heterocycles. The van der Waals surface area contributed by atoms with Gasteiger partial charge in [-0.25, -0.2) is 0 Å². The van der Waals surface area contributed by atoms with Gasteiger partial charge in [0.15, 0.2) is 0 Å². The average Bonchev–Trinajstić information content (AvgIpc) is 2.84. The van der Waals surface area contributed by atoms with Gasteiger partial charge in [0.05, 0.1) is 6.61 Å². The van der Waals surface area contributed by atoms with Crippen LogP contribution in [0.1, 0.15) is 19.3 Å². The highest BCUT2D eigenvalue weighted by Gasteiger charge is 2.58. The van der Waals surface area contributed by atoms with Gasteiger partial charge in [-0.15, -0.1) is 0 Å². The minimum atomic E-state index is 0.168. The molecule has 0 aliphatic heterocycles. The monoisotopic (exact) mass is 141 g/mol. The number of aliphatic hydroxyl groups excluding tert-OH is 1. The number of nitrogens with two attached hydrogens (primary N) is 1. The fourth-order valence-corrected chi connectivity index (χ4v) is 2.03. The van der Waals surface area contributed by atoms with Gasteiger partial charge in [-0.05, 0) is 31.1 Å². The fourth-order valence-electron chi connectivity index (χ4n) is 2.03. The topological polar surface area (TPSA) is 46.2 Å². The van der Waals surface area contributed by atoms with Gasteiger partial charge in [0.25, 0.3) is 0 Å². The van der Waals surface area contributed by atoms with Crippen LogP contribution in [-0.4, -0.2) is 18.3 Å². The summed E-state index contributed by atoms with van der Waals surface area (Å²) >= 11 is 0. The van der Waals surface area contributed by atoms with Crippen LogP contribution in [0.15, 0.2) is 0 Å². The molecule has 58 valence electrons. The highest BCUT2D eigenvalue weighted by atomic mass is 16.3. The van der Waals surface area contributed by atoms with Crippen LogP contribution in [-0.2, 0) is 0 Å². The summed E-state index contributed by atoms with van der Waals surface area (Å²) in [5, 5.41) is 9.02. The lowest BCUT2D eigenvalue weighted by molar-refractivity contribution is 0.199. The number of aliphatic hydroxyl groups is 1. The van der Waals surface area contributed by atoms with Gasteiger partial charge in [-0.1, -0.05) is 0 Å². The molecular formula is C8H15NO. The Balaban J connectivity index is 1.93. The third-order valence-corrected chi connectivity index (χ3v) is 3.17. The van der Waals surface area contributed by atoms with E-state index in [1.54, 1.807) is 0 Å². The molecule has 2 fully saturated rings. The molecule has 2 heteroatoms. The SMILES string of the molecule is NCC1(CO)CC1C1CC1. The van der Waals surface area contributed by atoms with Crippen LogP contribution >= 0.6 is 0 Å². The average molecular weight is 141 g/mol. The highest BCUT2D eigenvalue weighted by molar-refractivity contribution is 5.08. The lowest BCUT2D eigenvalue weighted by Crippen LogP contribution is -2.22. The van der Waals surface area contributed by atoms with Crippen LogP contribution in [0.25, 0.3) is 0 Å². The quantitative estimate of drug-likeness (QED) is 0.596. The molecule has 2 saturated carbocycles. The van der Waals surface area contributed by atoms with E-state index in [1.165, 1.54) is 19.3 Å². The summed E-state index contributed by atoms with van der Waals surface area (Å²) in [4.78, 5) is 0. The lowest BCUT2D eigenvalue weighted by Gasteiger charge is -2.09. The smallest absolute Gasteiger partial charge is 0.0502 e. The molecule has 0 bridgehead atoms. The predicted molar refractivity (Wildman–Crippen MR) is 39.4 cm³/mol. The molecule has 0 aromatic rings. The summed E-state index contributed by atoms with van der Waals surface area (Å²) in [5.74, 6) is 1.71. The molecule has 3 N–H and O–H groups in total. The molecule has 2 unspecified atom stereocenters. The van der Waals surface area contributed by atoms with Crippen molar-refractivity contribution in [3.05, 3.63) is 0 Å². The molecule has 2 aliphatic carbocycles. The maximum absolute atomic E-state index is 9.02. The van der Waals surface area contributed by atoms with Crippen LogP contribution in [0, 0.1) is 17.3 Å². The third-order valence-electron chi connectivity index (χ3n) is 3.17. The Morgan fingerprint density at radius 1 is 1.50 bits per heavy atom. The Hall–Kier alpha value is -0.0800. The molecule has 2 atom stereocenters. The molecule has 0 aromatic heterocycles. The summed E-state index contributed by atoms with van der Waals surface area (Å²) in [6.07, 6.45) is 3.95. The molecule has 2 rings (SSSR count). The molecule has 2 nitrogen and oxygen atoms in total. The Bertz CT molecular complexity index is 138. The van der Waals surface area contributed by atoms with E-state index in [-0.39, 0.29) is 5.41 Å². The zero-order valence-electron chi connectivity index (χ0n) is 6.21. The first-order valence-corrected chi connectivity index (χ1v) is 4.13. The van der Waals surface area contributed by atoms with Crippen molar-refractivity contribution < 1.29 is 5.11 Å². The minimum Gasteiger partial charge on any atom is -0.396 e. The van der Waals surface area contributed by atoms with E-state index in [2.05, 4.69) is 0 Å². The van der Waals surface area contributed by atoms with Crippen molar-refractivity contribution in [2.45, 2.75) is 19.3 Å². The Morgan fingerprint density at radius 3 is 2.50 bits per heavy atom. The van der Waals surface area contributed by atoms with Gasteiger partial charge in [0.1, 0.15) is 0 Å². The second-order valence-electron chi connectivity index (χ2n) is 3.87. The minimum absolute atomic E-state index is 0.168. The Morgan fingerprint density at radius 2 is 2.20 bits per heavy atom.